The Hall–Kier alpha value is -3.82. The molecule has 0 bridgehead atoms. The molecule has 0 unspecified atom stereocenters. The third-order valence-corrected chi connectivity index (χ3v) is 4.08. The van der Waals surface area contributed by atoms with E-state index in [9.17, 15) is 18.0 Å². The quantitative estimate of drug-likeness (QED) is 0.553. The van der Waals surface area contributed by atoms with Crippen LogP contribution in [0.2, 0.25) is 0 Å². The zero-order chi connectivity index (χ0) is 21.7. The molecule has 2 aromatic carbocycles. The number of hydrogen-bond acceptors (Lipinski definition) is 6. The summed E-state index contributed by atoms with van der Waals surface area (Å²) in [6.07, 6.45) is -3.95. The molecular weight excluding hydrogens is 399 g/mol. The molecular formula is C20H18F3N5O2. The van der Waals surface area contributed by atoms with Crippen LogP contribution < -0.4 is 20.7 Å². The van der Waals surface area contributed by atoms with E-state index in [1.807, 2.05) is 0 Å². The second kappa shape index (κ2) is 8.68. The molecule has 0 aliphatic rings. The molecule has 0 saturated carbocycles. The minimum Gasteiger partial charge on any atom is -0.495 e. The van der Waals surface area contributed by atoms with Gasteiger partial charge in [0.2, 0.25) is 5.95 Å². The number of amides is 1. The van der Waals surface area contributed by atoms with Crippen LogP contribution in [0.5, 0.6) is 5.75 Å². The number of methoxy groups -OCH3 is 1. The summed E-state index contributed by atoms with van der Waals surface area (Å²) in [5.41, 5.74) is 0.250. The zero-order valence-corrected chi connectivity index (χ0v) is 16.0. The molecule has 10 heteroatoms. The van der Waals surface area contributed by atoms with Crippen molar-refractivity contribution < 1.29 is 22.7 Å². The van der Waals surface area contributed by atoms with Crippen LogP contribution in [0.1, 0.15) is 15.9 Å². The van der Waals surface area contributed by atoms with Gasteiger partial charge >= 0.3 is 6.18 Å². The Kier molecular flexibility index (Phi) is 6.05. The van der Waals surface area contributed by atoms with E-state index in [1.54, 1.807) is 48.5 Å². The van der Waals surface area contributed by atoms with Crippen LogP contribution in [0.3, 0.4) is 0 Å². The number of carbonyl (C=O) groups excluding carboxylic acids is 1. The van der Waals surface area contributed by atoms with Crippen molar-refractivity contribution in [3.05, 3.63) is 65.9 Å². The van der Waals surface area contributed by atoms with Crippen molar-refractivity contribution >= 4 is 29.0 Å². The summed E-state index contributed by atoms with van der Waals surface area (Å²) in [6, 6.07) is 12.9. The van der Waals surface area contributed by atoms with Gasteiger partial charge in [-0.25, -0.2) is 4.98 Å². The number of para-hydroxylation sites is 2. The van der Waals surface area contributed by atoms with Gasteiger partial charge < -0.3 is 20.7 Å². The molecule has 0 saturated heterocycles. The van der Waals surface area contributed by atoms with Crippen LogP contribution >= 0.6 is 0 Å². The fourth-order valence-corrected chi connectivity index (χ4v) is 2.60. The molecule has 0 atom stereocenters. The monoisotopic (exact) mass is 417 g/mol. The zero-order valence-electron chi connectivity index (χ0n) is 16.0. The highest BCUT2D eigenvalue weighted by atomic mass is 19.4. The van der Waals surface area contributed by atoms with E-state index in [0.717, 1.165) is 0 Å². The van der Waals surface area contributed by atoms with E-state index in [-0.39, 0.29) is 11.9 Å². The lowest BCUT2D eigenvalue weighted by Gasteiger charge is -2.16. The van der Waals surface area contributed by atoms with Crippen LogP contribution in [0, 0.1) is 0 Å². The number of carbonyl (C=O) groups is 1. The first kappa shape index (κ1) is 20.9. The van der Waals surface area contributed by atoms with Gasteiger partial charge in [0.25, 0.3) is 5.91 Å². The number of anilines is 4. The molecule has 0 spiro atoms. The molecule has 3 aromatic rings. The number of rotatable bonds is 6. The number of nitrogens with zero attached hydrogens (tertiary/aromatic N) is 2. The molecule has 0 aliphatic heterocycles. The summed E-state index contributed by atoms with van der Waals surface area (Å²) in [4.78, 5) is 19.4. The lowest BCUT2D eigenvalue weighted by Crippen LogP contribution is -2.17. The Morgan fingerprint density at radius 3 is 2.37 bits per heavy atom. The number of benzene rings is 2. The first-order chi connectivity index (χ1) is 14.3. The molecule has 1 amide bonds. The SMILES string of the molecule is CNC(=O)c1ccc(Nc2ncc(C(F)(F)F)c(Nc3ccccc3OC)n2)cc1. The molecule has 30 heavy (non-hydrogen) atoms. The second-order valence-electron chi connectivity index (χ2n) is 6.06. The Morgan fingerprint density at radius 2 is 1.73 bits per heavy atom. The van der Waals surface area contributed by atoms with Crippen molar-refractivity contribution in [2.75, 3.05) is 24.8 Å². The van der Waals surface area contributed by atoms with E-state index in [1.165, 1.54) is 14.2 Å². The van der Waals surface area contributed by atoms with E-state index >= 15 is 0 Å². The van der Waals surface area contributed by atoms with Gasteiger partial charge in [-0.1, -0.05) is 12.1 Å². The average Bonchev–Trinajstić information content (AvgIpc) is 2.73. The number of nitrogens with one attached hydrogen (secondary N) is 3. The van der Waals surface area contributed by atoms with E-state index in [2.05, 4.69) is 25.9 Å². The van der Waals surface area contributed by atoms with Crippen LogP contribution in [0.4, 0.5) is 36.3 Å². The van der Waals surface area contributed by atoms with Gasteiger partial charge in [-0.2, -0.15) is 18.2 Å². The molecule has 7 nitrogen and oxygen atoms in total. The molecule has 0 radical (unpaired) electrons. The molecule has 3 rings (SSSR count). The first-order valence-electron chi connectivity index (χ1n) is 8.75. The predicted octanol–water partition coefficient (Wildman–Crippen LogP) is 4.35. The summed E-state index contributed by atoms with van der Waals surface area (Å²) >= 11 is 0. The first-order valence-corrected chi connectivity index (χ1v) is 8.75. The van der Waals surface area contributed by atoms with Gasteiger partial charge in [0.15, 0.2) is 0 Å². The number of aromatic nitrogens is 2. The number of ether oxygens (including phenoxy) is 1. The molecule has 1 aromatic heterocycles. The molecule has 156 valence electrons. The van der Waals surface area contributed by atoms with Crippen LogP contribution in [0.25, 0.3) is 0 Å². The van der Waals surface area contributed by atoms with Crippen LogP contribution in [0.15, 0.2) is 54.7 Å². The summed E-state index contributed by atoms with van der Waals surface area (Å²) in [7, 11) is 2.93. The average molecular weight is 417 g/mol. The second-order valence-corrected chi connectivity index (χ2v) is 6.06. The predicted molar refractivity (Wildman–Crippen MR) is 106 cm³/mol. The van der Waals surface area contributed by atoms with Crippen molar-refractivity contribution in [1.29, 1.82) is 0 Å². The largest absolute Gasteiger partial charge is 0.495 e. The molecule has 3 N–H and O–H groups in total. The van der Waals surface area contributed by atoms with E-state index < -0.39 is 17.6 Å². The van der Waals surface area contributed by atoms with Gasteiger partial charge in [0.1, 0.15) is 17.1 Å². The minimum atomic E-state index is -4.65. The summed E-state index contributed by atoms with van der Waals surface area (Å²) < 4.78 is 45.5. The van der Waals surface area contributed by atoms with Gasteiger partial charge in [-0.05, 0) is 36.4 Å². The Morgan fingerprint density at radius 1 is 1.03 bits per heavy atom. The summed E-state index contributed by atoms with van der Waals surface area (Å²) in [5.74, 6) is -0.362. The third-order valence-electron chi connectivity index (χ3n) is 4.08. The highest BCUT2D eigenvalue weighted by Crippen LogP contribution is 2.36. The molecule has 0 fully saturated rings. The fourth-order valence-electron chi connectivity index (χ4n) is 2.60. The Balaban J connectivity index is 1.92. The smallest absolute Gasteiger partial charge is 0.421 e. The lowest BCUT2D eigenvalue weighted by molar-refractivity contribution is -0.137. The Bertz CT molecular complexity index is 1040. The lowest BCUT2D eigenvalue weighted by atomic mass is 10.2. The maximum absolute atomic E-state index is 13.4. The number of halogens is 3. The van der Waals surface area contributed by atoms with Gasteiger partial charge in [-0.3, -0.25) is 4.79 Å². The topological polar surface area (TPSA) is 88.2 Å². The van der Waals surface area contributed by atoms with Crippen molar-refractivity contribution in [2.24, 2.45) is 0 Å². The highest BCUT2D eigenvalue weighted by Gasteiger charge is 2.35. The van der Waals surface area contributed by atoms with Crippen molar-refractivity contribution in [2.45, 2.75) is 6.18 Å². The maximum Gasteiger partial charge on any atom is 0.421 e. The third kappa shape index (κ3) is 4.77. The van der Waals surface area contributed by atoms with Crippen LogP contribution in [-0.2, 0) is 6.18 Å². The molecule has 1 heterocycles. The molecule has 0 aliphatic carbocycles. The standard InChI is InChI=1S/C20H18F3N5O2/c1-24-18(29)12-7-9-13(10-8-12)26-19-25-11-14(20(21,22)23)17(28-19)27-15-5-3-4-6-16(15)30-2/h3-11H,1-2H3,(H,24,29)(H2,25,26,27,28). The normalized spacial score (nSPS) is 11.0. The Labute approximate surface area is 170 Å². The van der Waals surface area contributed by atoms with Crippen molar-refractivity contribution in [3.8, 4) is 5.75 Å². The van der Waals surface area contributed by atoms with Crippen molar-refractivity contribution in [1.82, 2.24) is 15.3 Å². The summed E-state index contributed by atoms with van der Waals surface area (Å²) in [5, 5.41) is 8.00. The fraction of sp³-hybridized carbons (Fsp3) is 0.150. The minimum absolute atomic E-state index is 0.0481. The highest BCUT2D eigenvalue weighted by molar-refractivity contribution is 5.94. The van der Waals surface area contributed by atoms with Gasteiger partial charge in [0, 0.05) is 24.5 Å². The van der Waals surface area contributed by atoms with Gasteiger partial charge in [0.05, 0.1) is 12.8 Å². The van der Waals surface area contributed by atoms with E-state index in [4.69, 9.17) is 4.74 Å². The summed E-state index contributed by atoms with van der Waals surface area (Å²) in [6.45, 7) is 0. The number of hydrogen-bond donors (Lipinski definition) is 3. The van der Waals surface area contributed by atoms with Crippen molar-refractivity contribution in [3.63, 3.8) is 0 Å². The van der Waals surface area contributed by atoms with Gasteiger partial charge in [-0.15, -0.1) is 0 Å². The maximum atomic E-state index is 13.4. The number of alkyl halides is 3. The van der Waals surface area contributed by atoms with E-state index in [0.29, 0.717) is 28.9 Å². The van der Waals surface area contributed by atoms with Crippen LogP contribution in [-0.4, -0.2) is 30.0 Å².